The summed E-state index contributed by atoms with van der Waals surface area (Å²) >= 11 is 0. The van der Waals surface area contributed by atoms with Gasteiger partial charge in [-0.15, -0.1) is 0 Å². The van der Waals surface area contributed by atoms with Crippen LogP contribution in [0.25, 0.3) is 0 Å². The van der Waals surface area contributed by atoms with Gasteiger partial charge in [0.2, 0.25) is 0 Å². The molecule has 0 rings (SSSR count). The molecule has 0 aliphatic heterocycles. The molecule has 0 saturated heterocycles. The zero-order chi connectivity index (χ0) is 11.7. The lowest BCUT2D eigenvalue weighted by Crippen LogP contribution is -2.12. The Morgan fingerprint density at radius 3 is 2.53 bits per heavy atom. The van der Waals surface area contributed by atoms with Gasteiger partial charge in [-0.2, -0.15) is 0 Å². The second-order valence-corrected chi connectivity index (χ2v) is 3.85. The van der Waals surface area contributed by atoms with Gasteiger partial charge in [0, 0.05) is 6.21 Å². The molecule has 3 N–H and O–H groups in total. The zero-order valence-corrected chi connectivity index (χ0v) is 9.88. The quantitative estimate of drug-likeness (QED) is 0.392. The molecule has 0 aliphatic rings. The molecule has 0 amide bonds. The van der Waals surface area contributed by atoms with Crippen LogP contribution in [-0.2, 0) is 0 Å². The first-order valence-electron chi connectivity index (χ1n) is 5.14. The van der Waals surface area contributed by atoms with Gasteiger partial charge < -0.3 is 5.73 Å². The molecule has 0 aliphatic carbocycles. The number of nitrogens with zero attached hydrogens (tertiary/aromatic N) is 1. The number of nitrogens with two attached hydrogens (primary N) is 1. The van der Waals surface area contributed by atoms with E-state index in [0.717, 1.165) is 12.8 Å². The van der Waals surface area contributed by atoms with Gasteiger partial charge in [0.25, 0.3) is 0 Å². The van der Waals surface area contributed by atoms with Crippen LogP contribution in [0.2, 0.25) is 0 Å². The van der Waals surface area contributed by atoms with Crippen LogP contribution in [0, 0.1) is 5.41 Å². The number of nitrogens with one attached hydrogen (secondary N) is 1. The van der Waals surface area contributed by atoms with E-state index in [2.05, 4.69) is 31.8 Å². The Kier molecular flexibility index (Phi) is 7.24. The lowest BCUT2D eigenvalue weighted by atomic mass is 10.1. The summed E-state index contributed by atoms with van der Waals surface area (Å²) in [6.45, 7) is 6.58. The van der Waals surface area contributed by atoms with Crippen molar-refractivity contribution in [3.8, 4) is 0 Å². The number of hydrogen-bond acceptors (Lipinski definition) is 2. The van der Waals surface area contributed by atoms with E-state index in [0.29, 0.717) is 0 Å². The molecule has 0 aromatic rings. The van der Waals surface area contributed by atoms with Crippen molar-refractivity contribution in [2.75, 3.05) is 6.54 Å². The van der Waals surface area contributed by atoms with Crippen LogP contribution in [0.15, 0.2) is 28.3 Å². The molecule has 0 fully saturated rings. The second kappa shape index (κ2) is 7.97. The van der Waals surface area contributed by atoms with E-state index in [-0.39, 0.29) is 12.4 Å². The normalized spacial score (nSPS) is 11.8. The molecule has 0 heterocycles. The number of aliphatic imine (C=N–C) groups is 1. The average Bonchev–Trinajstić information content (AvgIpc) is 2.11. The van der Waals surface area contributed by atoms with Crippen molar-refractivity contribution in [3.05, 3.63) is 23.3 Å². The van der Waals surface area contributed by atoms with Gasteiger partial charge in [0.1, 0.15) is 5.84 Å². The first kappa shape index (κ1) is 13.6. The highest BCUT2D eigenvalue weighted by atomic mass is 14.8. The van der Waals surface area contributed by atoms with Crippen molar-refractivity contribution in [1.82, 2.24) is 0 Å². The first-order chi connectivity index (χ1) is 7.02. The topological polar surface area (TPSA) is 62.2 Å². The van der Waals surface area contributed by atoms with Crippen molar-refractivity contribution in [3.63, 3.8) is 0 Å². The minimum Gasteiger partial charge on any atom is -0.386 e. The van der Waals surface area contributed by atoms with E-state index in [1.54, 1.807) is 6.21 Å². The van der Waals surface area contributed by atoms with Crippen molar-refractivity contribution >= 4 is 12.1 Å². The predicted octanol–water partition coefficient (Wildman–Crippen LogP) is 2.69. The van der Waals surface area contributed by atoms with Crippen LogP contribution in [0.3, 0.4) is 0 Å². The van der Waals surface area contributed by atoms with Crippen LogP contribution < -0.4 is 5.73 Å². The molecule has 0 unspecified atom stereocenters. The van der Waals surface area contributed by atoms with Gasteiger partial charge in [-0.1, -0.05) is 17.2 Å². The summed E-state index contributed by atoms with van der Waals surface area (Å²) in [6, 6.07) is 0. The Balaban J connectivity index is 3.84. The highest BCUT2D eigenvalue weighted by Gasteiger charge is 1.87. The molecule has 0 radical (unpaired) electrons. The molecule has 84 valence electrons. The zero-order valence-electron chi connectivity index (χ0n) is 9.88. The van der Waals surface area contributed by atoms with Gasteiger partial charge in [0.05, 0.1) is 6.54 Å². The van der Waals surface area contributed by atoms with Crippen LogP contribution in [-0.4, -0.2) is 18.6 Å². The molecular formula is C12H21N3. The van der Waals surface area contributed by atoms with Gasteiger partial charge in [-0.25, -0.2) is 0 Å². The lowest BCUT2D eigenvalue weighted by molar-refractivity contribution is 0.969. The minimum atomic E-state index is 0.0989. The van der Waals surface area contributed by atoms with Crippen molar-refractivity contribution in [2.24, 2.45) is 10.7 Å². The molecule has 0 aromatic carbocycles. The van der Waals surface area contributed by atoms with E-state index >= 15 is 0 Å². The summed E-state index contributed by atoms with van der Waals surface area (Å²) in [4.78, 5) is 3.99. The van der Waals surface area contributed by atoms with E-state index in [9.17, 15) is 0 Å². The summed E-state index contributed by atoms with van der Waals surface area (Å²) in [7, 11) is 0. The molecule has 0 spiro atoms. The van der Waals surface area contributed by atoms with Crippen molar-refractivity contribution in [2.45, 2.75) is 33.6 Å². The first-order valence-corrected chi connectivity index (χ1v) is 5.14. The van der Waals surface area contributed by atoms with Gasteiger partial charge >= 0.3 is 0 Å². The SMILES string of the molecule is CC(C)=CCCC(C)=CC=NCC(=N)N. The van der Waals surface area contributed by atoms with Crippen molar-refractivity contribution in [1.29, 1.82) is 5.41 Å². The summed E-state index contributed by atoms with van der Waals surface area (Å²) in [5.41, 5.74) is 7.81. The van der Waals surface area contributed by atoms with Gasteiger partial charge in [0.15, 0.2) is 0 Å². The summed E-state index contributed by atoms with van der Waals surface area (Å²) in [5.74, 6) is 0.0989. The molecule has 0 atom stereocenters. The Hall–Kier alpha value is -1.38. The van der Waals surface area contributed by atoms with Crippen LogP contribution >= 0.6 is 0 Å². The molecule has 0 saturated carbocycles. The predicted molar refractivity (Wildman–Crippen MR) is 67.7 cm³/mol. The van der Waals surface area contributed by atoms with E-state index in [4.69, 9.17) is 11.1 Å². The molecular weight excluding hydrogens is 186 g/mol. The molecule has 0 aromatic heterocycles. The number of allylic oxidation sites excluding steroid dienone is 4. The smallest absolute Gasteiger partial charge is 0.113 e. The van der Waals surface area contributed by atoms with Crippen LogP contribution in [0.1, 0.15) is 33.6 Å². The van der Waals surface area contributed by atoms with E-state index in [1.807, 2.05) is 6.08 Å². The Bertz CT molecular complexity index is 281. The summed E-state index contributed by atoms with van der Waals surface area (Å²) in [6.07, 6.45) is 8.05. The third-order valence-electron chi connectivity index (χ3n) is 1.82. The average molecular weight is 207 g/mol. The standard InChI is InChI=1S/C12H21N3/c1-10(2)5-4-6-11(3)7-8-15-9-12(13)14/h5,7-8H,4,6,9H2,1-3H3,(H3,13,14). The fraction of sp³-hybridized carbons (Fsp3) is 0.500. The lowest BCUT2D eigenvalue weighted by Gasteiger charge is -1.96. The highest BCUT2D eigenvalue weighted by Crippen LogP contribution is 2.05. The Labute approximate surface area is 92.3 Å². The fourth-order valence-electron chi connectivity index (χ4n) is 1.00. The van der Waals surface area contributed by atoms with Gasteiger partial charge in [-0.05, 0) is 39.7 Å². The van der Waals surface area contributed by atoms with E-state index in [1.165, 1.54) is 11.1 Å². The number of amidine groups is 1. The maximum atomic E-state index is 6.97. The third kappa shape index (κ3) is 10.5. The summed E-state index contributed by atoms with van der Waals surface area (Å²) < 4.78 is 0. The van der Waals surface area contributed by atoms with Crippen LogP contribution in [0.4, 0.5) is 0 Å². The van der Waals surface area contributed by atoms with Crippen molar-refractivity contribution < 1.29 is 0 Å². The molecule has 0 bridgehead atoms. The largest absolute Gasteiger partial charge is 0.386 e. The summed E-state index contributed by atoms with van der Waals surface area (Å²) in [5, 5.41) is 6.97. The second-order valence-electron chi connectivity index (χ2n) is 3.85. The number of hydrogen-bond donors (Lipinski definition) is 2. The number of rotatable bonds is 6. The van der Waals surface area contributed by atoms with Gasteiger partial charge in [-0.3, -0.25) is 10.4 Å². The third-order valence-corrected chi connectivity index (χ3v) is 1.82. The fourth-order valence-corrected chi connectivity index (χ4v) is 1.00. The van der Waals surface area contributed by atoms with E-state index < -0.39 is 0 Å². The van der Waals surface area contributed by atoms with Crippen LogP contribution in [0.5, 0.6) is 0 Å². The molecule has 3 heteroatoms. The Morgan fingerprint density at radius 2 is 2.00 bits per heavy atom. The minimum absolute atomic E-state index is 0.0989. The molecule has 3 nitrogen and oxygen atoms in total. The maximum Gasteiger partial charge on any atom is 0.113 e. The Morgan fingerprint density at radius 1 is 1.33 bits per heavy atom. The highest BCUT2D eigenvalue weighted by molar-refractivity contribution is 5.82. The molecule has 15 heavy (non-hydrogen) atoms. The maximum absolute atomic E-state index is 6.97. The monoisotopic (exact) mass is 207 g/mol.